The number of Topliss-reactive ketones (excluding diaryl/α,β-unsaturated/α-hetero) is 1. The highest BCUT2D eigenvalue weighted by atomic mass is 16.5. The molecule has 0 radical (unpaired) electrons. The third kappa shape index (κ3) is 3.25. The standard InChI is InChI=1S/C21H22O3/c1-2-24-21(23)19(20(22)16-10-4-3-5-11-16)18-14-8-12-15-9-6-7-13-17(15)18/h3-7,9-11,13,18-19H,2,8,12,14H2,1H3. The van der Waals surface area contributed by atoms with Gasteiger partial charge in [0.15, 0.2) is 5.78 Å². The van der Waals surface area contributed by atoms with Gasteiger partial charge in [0.1, 0.15) is 5.92 Å². The van der Waals surface area contributed by atoms with Gasteiger partial charge in [-0.3, -0.25) is 9.59 Å². The van der Waals surface area contributed by atoms with Gasteiger partial charge in [-0.1, -0.05) is 54.6 Å². The molecule has 24 heavy (non-hydrogen) atoms. The Bertz CT molecular complexity index is 721. The summed E-state index contributed by atoms with van der Waals surface area (Å²) in [5.41, 5.74) is 2.92. The van der Waals surface area contributed by atoms with E-state index in [0.717, 1.165) is 24.8 Å². The molecule has 3 rings (SSSR count). The maximum absolute atomic E-state index is 13.1. The van der Waals surface area contributed by atoms with Crippen molar-refractivity contribution in [3.63, 3.8) is 0 Å². The summed E-state index contributed by atoms with van der Waals surface area (Å²) in [6.45, 7) is 2.06. The van der Waals surface area contributed by atoms with Crippen LogP contribution in [0, 0.1) is 5.92 Å². The number of ketones is 1. The van der Waals surface area contributed by atoms with Gasteiger partial charge in [0.05, 0.1) is 6.61 Å². The van der Waals surface area contributed by atoms with Crippen molar-refractivity contribution in [2.45, 2.75) is 32.1 Å². The van der Waals surface area contributed by atoms with Crippen LogP contribution in [0.2, 0.25) is 0 Å². The highest BCUT2D eigenvalue weighted by molar-refractivity contribution is 6.09. The van der Waals surface area contributed by atoms with E-state index in [9.17, 15) is 9.59 Å². The summed E-state index contributed by atoms with van der Waals surface area (Å²) in [4.78, 5) is 25.7. The van der Waals surface area contributed by atoms with E-state index in [2.05, 4.69) is 6.07 Å². The molecule has 0 fully saturated rings. The van der Waals surface area contributed by atoms with Gasteiger partial charge in [-0.05, 0) is 37.3 Å². The number of esters is 1. The SMILES string of the molecule is CCOC(=O)C(C(=O)c1ccccc1)C1CCCc2ccccc21. The molecule has 3 nitrogen and oxygen atoms in total. The van der Waals surface area contributed by atoms with Gasteiger partial charge in [-0.2, -0.15) is 0 Å². The second-order valence-electron chi connectivity index (χ2n) is 6.16. The van der Waals surface area contributed by atoms with Crippen LogP contribution >= 0.6 is 0 Å². The number of hydrogen-bond acceptors (Lipinski definition) is 3. The van der Waals surface area contributed by atoms with Gasteiger partial charge in [0.25, 0.3) is 0 Å². The van der Waals surface area contributed by atoms with Gasteiger partial charge >= 0.3 is 5.97 Å². The largest absolute Gasteiger partial charge is 0.465 e. The number of hydrogen-bond donors (Lipinski definition) is 0. The van der Waals surface area contributed by atoms with Crippen molar-refractivity contribution in [2.75, 3.05) is 6.61 Å². The molecule has 1 aliphatic rings. The van der Waals surface area contributed by atoms with Crippen molar-refractivity contribution in [2.24, 2.45) is 5.92 Å². The average molecular weight is 322 g/mol. The van der Waals surface area contributed by atoms with Crippen LogP contribution in [0.4, 0.5) is 0 Å². The molecule has 0 saturated carbocycles. The zero-order chi connectivity index (χ0) is 16.9. The van der Waals surface area contributed by atoms with Crippen LogP contribution in [-0.4, -0.2) is 18.4 Å². The number of fused-ring (bicyclic) bond motifs is 1. The van der Waals surface area contributed by atoms with Gasteiger partial charge < -0.3 is 4.74 Å². The second-order valence-corrected chi connectivity index (χ2v) is 6.16. The number of aryl methyl sites for hydroxylation is 1. The molecule has 2 aromatic rings. The summed E-state index contributed by atoms with van der Waals surface area (Å²) in [6.07, 6.45) is 2.82. The molecule has 0 spiro atoms. The van der Waals surface area contributed by atoms with Crippen LogP contribution in [0.5, 0.6) is 0 Å². The molecule has 1 aliphatic carbocycles. The highest BCUT2D eigenvalue weighted by Gasteiger charge is 2.39. The maximum Gasteiger partial charge on any atom is 0.317 e. The van der Waals surface area contributed by atoms with E-state index in [1.165, 1.54) is 5.56 Å². The summed E-state index contributed by atoms with van der Waals surface area (Å²) >= 11 is 0. The lowest BCUT2D eigenvalue weighted by atomic mass is 9.73. The van der Waals surface area contributed by atoms with Crippen molar-refractivity contribution in [1.29, 1.82) is 0 Å². The quantitative estimate of drug-likeness (QED) is 0.471. The van der Waals surface area contributed by atoms with Crippen molar-refractivity contribution in [3.8, 4) is 0 Å². The van der Waals surface area contributed by atoms with Crippen molar-refractivity contribution in [1.82, 2.24) is 0 Å². The molecule has 0 bridgehead atoms. The van der Waals surface area contributed by atoms with Crippen LogP contribution in [0.1, 0.15) is 47.2 Å². The number of carbonyl (C=O) groups is 2. The first-order chi connectivity index (χ1) is 11.7. The van der Waals surface area contributed by atoms with Crippen LogP contribution in [0.3, 0.4) is 0 Å². The predicted octanol–water partition coefficient (Wildman–Crippen LogP) is 4.17. The molecule has 0 saturated heterocycles. The minimum Gasteiger partial charge on any atom is -0.465 e. The predicted molar refractivity (Wildman–Crippen MR) is 93.0 cm³/mol. The van der Waals surface area contributed by atoms with E-state index in [1.54, 1.807) is 19.1 Å². The van der Waals surface area contributed by atoms with Crippen molar-refractivity contribution < 1.29 is 14.3 Å². The summed E-state index contributed by atoms with van der Waals surface area (Å²) in [7, 11) is 0. The van der Waals surface area contributed by atoms with Gasteiger partial charge in [-0.15, -0.1) is 0 Å². The zero-order valence-corrected chi connectivity index (χ0v) is 13.9. The van der Waals surface area contributed by atoms with Gasteiger partial charge in [0, 0.05) is 11.5 Å². The molecule has 2 aromatic carbocycles. The van der Waals surface area contributed by atoms with E-state index in [1.807, 2.05) is 36.4 Å². The Morgan fingerprint density at radius 1 is 1.08 bits per heavy atom. The molecule has 2 atom stereocenters. The molecule has 124 valence electrons. The third-order valence-corrected chi connectivity index (χ3v) is 4.70. The summed E-state index contributed by atoms with van der Waals surface area (Å²) < 4.78 is 5.26. The van der Waals surface area contributed by atoms with Crippen molar-refractivity contribution >= 4 is 11.8 Å². The molecule has 0 amide bonds. The monoisotopic (exact) mass is 322 g/mol. The van der Waals surface area contributed by atoms with Crippen LogP contribution in [0.15, 0.2) is 54.6 Å². The van der Waals surface area contributed by atoms with Gasteiger partial charge in [-0.25, -0.2) is 0 Å². The number of rotatable bonds is 5. The minimum absolute atomic E-state index is 0.110. The fourth-order valence-electron chi connectivity index (χ4n) is 3.61. The second kappa shape index (κ2) is 7.43. The fraction of sp³-hybridized carbons (Fsp3) is 0.333. The fourth-order valence-corrected chi connectivity index (χ4v) is 3.61. The molecule has 0 N–H and O–H groups in total. The maximum atomic E-state index is 13.1. The van der Waals surface area contributed by atoms with E-state index < -0.39 is 11.9 Å². The molecule has 2 unspecified atom stereocenters. The Labute approximate surface area is 142 Å². The Morgan fingerprint density at radius 3 is 2.54 bits per heavy atom. The smallest absolute Gasteiger partial charge is 0.317 e. The lowest BCUT2D eigenvalue weighted by Gasteiger charge is -2.30. The lowest BCUT2D eigenvalue weighted by molar-refractivity contribution is -0.147. The Kier molecular flexibility index (Phi) is 5.09. The average Bonchev–Trinajstić information content (AvgIpc) is 2.63. The molecular weight excluding hydrogens is 300 g/mol. The number of ether oxygens (including phenoxy) is 1. The molecule has 0 heterocycles. The Morgan fingerprint density at radius 2 is 1.79 bits per heavy atom. The summed E-state index contributed by atoms with van der Waals surface area (Å²) in [5.74, 6) is -1.43. The summed E-state index contributed by atoms with van der Waals surface area (Å²) in [6, 6.07) is 17.2. The Balaban J connectivity index is 2.00. The molecule has 3 heteroatoms. The topological polar surface area (TPSA) is 43.4 Å². The number of carbonyl (C=O) groups excluding carboxylic acids is 2. The molecule has 0 aromatic heterocycles. The lowest BCUT2D eigenvalue weighted by Crippen LogP contribution is -2.33. The first-order valence-electron chi connectivity index (χ1n) is 8.56. The highest BCUT2D eigenvalue weighted by Crippen LogP contribution is 2.38. The molecular formula is C21H22O3. The van der Waals surface area contributed by atoms with E-state index in [0.29, 0.717) is 5.56 Å². The van der Waals surface area contributed by atoms with E-state index in [4.69, 9.17) is 4.74 Å². The van der Waals surface area contributed by atoms with Crippen molar-refractivity contribution in [3.05, 3.63) is 71.3 Å². The van der Waals surface area contributed by atoms with E-state index >= 15 is 0 Å². The summed E-state index contributed by atoms with van der Waals surface area (Å²) in [5, 5.41) is 0. The Hall–Kier alpha value is -2.42. The van der Waals surface area contributed by atoms with Crippen LogP contribution in [-0.2, 0) is 16.0 Å². The molecule has 0 aliphatic heterocycles. The van der Waals surface area contributed by atoms with E-state index in [-0.39, 0.29) is 18.3 Å². The van der Waals surface area contributed by atoms with Crippen LogP contribution in [0.25, 0.3) is 0 Å². The zero-order valence-electron chi connectivity index (χ0n) is 13.9. The normalized spacial score (nSPS) is 17.6. The van der Waals surface area contributed by atoms with Crippen LogP contribution < -0.4 is 0 Å². The van der Waals surface area contributed by atoms with Gasteiger partial charge in [0.2, 0.25) is 0 Å². The third-order valence-electron chi connectivity index (χ3n) is 4.70. The first kappa shape index (κ1) is 16.4. The minimum atomic E-state index is -0.770. The number of benzene rings is 2. The first-order valence-corrected chi connectivity index (χ1v) is 8.56.